The van der Waals surface area contributed by atoms with Crippen molar-refractivity contribution in [3.8, 4) is 0 Å². The van der Waals surface area contributed by atoms with Gasteiger partial charge in [-0.3, -0.25) is 4.90 Å². The fraction of sp³-hybridized carbons (Fsp3) is 0.500. The maximum atomic E-state index is 12.3. The summed E-state index contributed by atoms with van der Waals surface area (Å²) in [5.41, 5.74) is -0.288. The summed E-state index contributed by atoms with van der Waals surface area (Å²) >= 11 is 0. The lowest BCUT2D eigenvalue weighted by Gasteiger charge is -2.27. The van der Waals surface area contributed by atoms with E-state index < -0.39 is 35.8 Å². The van der Waals surface area contributed by atoms with Crippen molar-refractivity contribution in [2.45, 2.75) is 44.9 Å². The molecule has 1 fully saturated rings. The number of likely N-dealkylation sites (tertiary alicyclic amines) is 1. The zero-order chi connectivity index (χ0) is 18.6. The minimum Gasteiger partial charge on any atom is -0.467 e. The van der Waals surface area contributed by atoms with Crippen molar-refractivity contribution in [2.24, 2.45) is 0 Å². The first-order chi connectivity index (χ1) is 11.7. The standard InChI is InChI=1S/C18H23NO6/c1-18(2,3)25-17(22)19-11-13(10-14(19)16(21)23-4)24-15(20)12-8-6-5-7-9-12/h5-9,13-14H,10-11H2,1-4H3. The van der Waals surface area contributed by atoms with Gasteiger partial charge < -0.3 is 14.2 Å². The van der Waals surface area contributed by atoms with Crippen LogP contribution in [-0.2, 0) is 19.0 Å². The molecule has 0 spiro atoms. The smallest absolute Gasteiger partial charge is 0.411 e. The molecule has 25 heavy (non-hydrogen) atoms. The van der Waals surface area contributed by atoms with E-state index >= 15 is 0 Å². The van der Waals surface area contributed by atoms with Crippen molar-refractivity contribution in [1.82, 2.24) is 4.90 Å². The van der Waals surface area contributed by atoms with Crippen LogP contribution in [0, 0.1) is 0 Å². The summed E-state index contributed by atoms with van der Waals surface area (Å²) in [4.78, 5) is 37.8. The molecule has 0 saturated carbocycles. The number of carbonyl (C=O) groups is 3. The molecule has 1 heterocycles. The van der Waals surface area contributed by atoms with E-state index in [2.05, 4.69) is 0 Å². The van der Waals surface area contributed by atoms with Crippen LogP contribution in [0.4, 0.5) is 4.79 Å². The molecule has 1 aromatic carbocycles. The van der Waals surface area contributed by atoms with Crippen molar-refractivity contribution in [3.63, 3.8) is 0 Å². The number of amides is 1. The van der Waals surface area contributed by atoms with Gasteiger partial charge in [-0.15, -0.1) is 0 Å². The molecular formula is C18H23NO6. The van der Waals surface area contributed by atoms with Gasteiger partial charge in [-0.2, -0.15) is 0 Å². The number of nitrogens with zero attached hydrogens (tertiary/aromatic N) is 1. The molecule has 0 aliphatic carbocycles. The van der Waals surface area contributed by atoms with E-state index in [4.69, 9.17) is 14.2 Å². The summed E-state index contributed by atoms with van der Waals surface area (Å²) in [5.74, 6) is -1.07. The molecule has 1 amide bonds. The molecule has 0 N–H and O–H groups in total. The van der Waals surface area contributed by atoms with Gasteiger partial charge in [0.15, 0.2) is 0 Å². The maximum absolute atomic E-state index is 12.3. The van der Waals surface area contributed by atoms with E-state index in [1.807, 2.05) is 0 Å². The molecule has 2 rings (SSSR count). The normalized spacial score (nSPS) is 20.1. The van der Waals surface area contributed by atoms with E-state index in [0.717, 1.165) is 0 Å². The fourth-order valence-corrected chi connectivity index (χ4v) is 2.56. The van der Waals surface area contributed by atoms with Gasteiger partial charge >= 0.3 is 18.0 Å². The number of hydrogen-bond acceptors (Lipinski definition) is 6. The van der Waals surface area contributed by atoms with Gasteiger partial charge in [-0.25, -0.2) is 14.4 Å². The predicted octanol–water partition coefficient (Wildman–Crippen LogP) is 2.39. The van der Waals surface area contributed by atoms with E-state index in [-0.39, 0.29) is 13.0 Å². The molecule has 7 heteroatoms. The largest absolute Gasteiger partial charge is 0.467 e. The first-order valence-corrected chi connectivity index (χ1v) is 8.04. The molecule has 1 aromatic rings. The number of rotatable bonds is 3. The van der Waals surface area contributed by atoms with Crippen LogP contribution in [0.5, 0.6) is 0 Å². The van der Waals surface area contributed by atoms with Crippen molar-refractivity contribution >= 4 is 18.0 Å². The number of benzene rings is 1. The Hall–Kier alpha value is -2.57. The summed E-state index contributed by atoms with van der Waals surface area (Å²) < 4.78 is 15.5. The third kappa shape index (κ3) is 4.95. The third-order valence-electron chi connectivity index (χ3n) is 3.65. The van der Waals surface area contributed by atoms with Crippen LogP contribution < -0.4 is 0 Å². The summed E-state index contributed by atoms with van der Waals surface area (Å²) in [6.45, 7) is 5.29. The summed E-state index contributed by atoms with van der Waals surface area (Å²) in [6, 6.07) is 7.70. The lowest BCUT2D eigenvalue weighted by Crippen LogP contribution is -2.44. The van der Waals surface area contributed by atoms with Gasteiger partial charge in [0.25, 0.3) is 0 Å². The van der Waals surface area contributed by atoms with E-state index in [1.54, 1.807) is 51.1 Å². The first kappa shape index (κ1) is 18.8. The third-order valence-corrected chi connectivity index (χ3v) is 3.65. The van der Waals surface area contributed by atoms with Gasteiger partial charge in [0.1, 0.15) is 17.7 Å². The molecule has 1 saturated heterocycles. The lowest BCUT2D eigenvalue weighted by atomic mass is 10.2. The van der Waals surface area contributed by atoms with Gasteiger partial charge in [0.2, 0.25) is 0 Å². The molecule has 2 unspecified atom stereocenters. The van der Waals surface area contributed by atoms with Crippen LogP contribution in [0.3, 0.4) is 0 Å². The van der Waals surface area contributed by atoms with Crippen molar-refractivity contribution < 1.29 is 28.6 Å². The Labute approximate surface area is 146 Å². The minimum absolute atomic E-state index is 0.0766. The minimum atomic E-state index is -0.839. The molecule has 2 atom stereocenters. The van der Waals surface area contributed by atoms with Crippen molar-refractivity contribution in [2.75, 3.05) is 13.7 Å². The van der Waals surface area contributed by atoms with E-state index in [1.165, 1.54) is 12.0 Å². The Kier molecular flexibility index (Phi) is 5.66. The van der Waals surface area contributed by atoms with Crippen LogP contribution in [0.2, 0.25) is 0 Å². The van der Waals surface area contributed by atoms with Crippen molar-refractivity contribution in [1.29, 1.82) is 0 Å². The Morgan fingerprint density at radius 2 is 1.76 bits per heavy atom. The Morgan fingerprint density at radius 3 is 2.32 bits per heavy atom. The SMILES string of the molecule is COC(=O)C1CC(OC(=O)c2ccccc2)CN1C(=O)OC(C)(C)C. The quantitative estimate of drug-likeness (QED) is 0.616. The molecule has 0 bridgehead atoms. The lowest BCUT2D eigenvalue weighted by molar-refractivity contribution is -0.145. The van der Waals surface area contributed by atoms with Gasteiger partial charge in [-0.1, -0.05) is 18.2 Å². The first-order valence-electron chi connectivity index (χ1n) is 8.04. The maximum Gasteiger partial charge on any atom is 0.411 e. The van der Waals surface area contributed by atoms with Crippen LogP contribution in [0.25, 0.3) is 0 Å². The second-order valence-corrected chi connectivity index (χ2v) is 6.80. The second kappa shape index (κ2) is 7.55. The highest BCUT2D eigenvalue weighted by molar-refractivity contribution is 5.89. The number of hydrogen-bond donors (Lipinski definition) is 0. The predicted molar refractivity (Wildman–Crippen MR) is 89.0 cm³/mol. The molecule has 136 valence electrons. The van der Waals surface area contributed by atoms with E-state index in [9.17, 15) is 14.4 Å². The highest BCUT2D eigenvalue weighted by Crippen LogP contribution is 2.25. The van der Waals surface area contributed by atoms with Crippen molar-refractivity contribution in [3.05, 3.63) is 35.9 Å². The van der Waals surface area contributed by atoms with Crippen LogP contribution in [-0.4, -0.2) is 54.3 Å². The van der Waals surface area contributed by atoms with Gasteiger partial charge in [0.05, 0.1) is 19.2 Å². The summed E-state index contributed by atoms with van der Waals surface area (Å²) in [7, 11) is 1.25. The number of esters is 2. The Bertz CT molecular complexity index is 637. The Balaban J connectivity index is 2.08. The highest BCUT2D eigenvalue weighted by Gasteiger charge is 2.43. The van der Waals surface area contributed by atoms with Gasteiger partial charge in [-0.05, 0) is 32.9 Å². The Morgan fingerprint density at radius 1 is 1.12 bits per heavy atom. The molecule has 1 aliphatic rings. The molecule has 1 aliphatic heterocycles. The molecule has 0 aromatic heterocycles. The van der Waals surface area contributed by atoms with Crippen LogP contribution in [0.1, 0.15) is 37.6 Å². The zero-order valence-corrected chi connectivity index (χ0v) is 14.9. The average Bonchev–Trinajstić information content (AvgIpc) is 2.97. The summed E-state index contributed by atoms with van der Waals surface area (Å²) in [6.07, 6.45) is -1.07. The monoisotopic (exact) mass is 349 g/mol. The van der Waals surface area contributed by atoms with Crippen LogP contribution >= 0.6 is 0 Å². The number of ether oxygens (including phenoxy) is 3. The van der Waals surface area contributed by atoms with Crippen LogP contribution in [0.15, 0.2) is 30.3 Å². The molecule has 7 nitrogen and oxygen atoms in total. The zero-order valence-electron chi connectivity index (χ0n) is 14.9. The molecular weight excluding hydrogens is 326 g/mol. The highest BCUT2D eigenvalue weighted by atomic mass is 16.6. The van der Waals surface area contributed by atoms with Gasteiger partial charge in [0, 0.05) is 6.42 Å². The van der Waals surface area contributed by atoms with E-state index in [0.29, 0.717) is 5.56 Å². The molecule has 0 radical (unpaired) electrons. The summed E-state index contributed by atoms with van der Waals surface area (Å²) in [5, 5.41) is 0. The number of carbonyl (C=O) groups excluding carboxylic acids is 3. The fourth-order valence-electron chi connectivity index (χ4n) is 2.56. The average molecular weight is 349 g/mol. The second-order valence-electron chi connectivity index (χ2n) is 6.80. The number of methoxy groups -OCH3 is 1. The topological polar surface area (TPSA) is 82.1 Å².